The van der Waals surface area contributed by atoms with Crippen molar-refractivity contribution in [3.8, 4) is 23.0 Å². The Balaban J connectivity index is 1.77. The van der Waals surface area contributed by atoms with Crippen LogP contribution in [-0.4, -0.2) is 81.5 Å². The average Bonchev–Trinajstić information content (AvgIpc) is 2.83. The number of aryl methyl sites for hydroxylation is 1. The van der Waals surface area contributed by atoms with Crippen LogP contribution in [0.5, 0.6) is 23.0 Å². The molecular weight excluding hydrogens is 466 g/mol. The molecule has 11 nitrogen and oxygen atoms in total. The maximum atomic E-state index is 13.1. The number of hydrogen-bond donors (Lipinski definition) is 2. The van der Waals surface area contributed by atoms with Crippen LogP contribution in [0.2, 0.25) is 0 Å². The van der Waals surface area contributed by atoms with E-state index in [-0.39, 0.29) is 65.5 Å². The van der Waals surface area contributed by atoms with Crippen LogP contribution in [0.25, 0.3) is 0 Å². The SMILES string of the molecule is COc1cc(C(=O)N2CCN(S(=O)(=O)c3cc(C)ccc3O)CC2)cc(OC)c1OCC(N)=O. The van der Waals surface area contributed by atoms with E-state index in [0.717, 1.165) is 0 Å². The Morgan fingerprint density at radius 3 is 2.15 bits per heavy atom. The molecule has 0 spiro atoms. The highest BCUT2D eigenvalue weighted by Gasteiger charge is 2.32. The van der Waals surface area contributed by atoms with Crippen LogP contribution in [0, 0.1) is 6.92 Å². The number of carbonyl (C=O) groups is 2. The molecule has 1 saturated heterocycles. The Bertz CT molecular complexity index is 1170. The summed E-state index contributed by atoms with van der Waals surface area (Å²) < 4.78 is 43.2. The lowest BCUT2D eigenvalue weighted by atomic mass is 10.1. The van der Waals surface area contributed by atoms with Gasteiger partial charge < -0.3 is 30.0 Å². The lowest BCUT2D eigenvalue weighted by Crippen LogP contribution is -2.50. The summed E-state index contributed by atoms with van der Waals surface area (Å²) in [6.07, 6.45) is 0. The zero-order chi connectivity index (χ0) is 25.0. The number of nitrogens with two attached hydrogens (primary N) is 1. The molecule has 2 amide bonds. The van der Waals surface area contributed by atoms with Gasteiger partial charge in [-0.2, -0.15) is 4.31 Å². The molecule has 34 heavy (non-hydrogen) atoms. The van der Waals surface area contributed by atoms with Gasteiger partial charge in [-0.05, 0) is 36.8 Å². The molecule has 1 fully saturated rings. The predicted octanol–water partition coefficient (Wildman–Crippen LogP) is 0.729. The fourth-order valence-corrected chi connectivity index (χ4v) is 5.16. The Hall–Kier alpha value is -3.51. The molecule has 2 aromatic carbocycles. The Labute approximate surface area is 197 Å². The molecule has 1 heterocycles. The van der Waals surface area contributed by atoms with Gasteiger partial charge in [-0.1, -0.05) is 6.07 Å². The van der Waals surface area contributed by atoms with Crippen LogP contribution in [0.15, 0.2) is 35.2 Å². The van der Waals surface area contributed by atoms with Crippen molar-refractivity contribution in [2.24, 2.45) is 5.73 Å². The fraction of sp³-hybridized carbons (Fsp3) is 0.364. The van der Waals surface area contributed by atoms with Gasteiger partial charge in [0.2, 0.25) is 15.8 Å². The van der Waals surface area contributed by atoms with E-state index in [4.69, 9.17) is 19.9 Å². The van der Waals surface area contributed by atoms with E-state index in [1.54, 1.807) is 13.0 Å². The molecule has 12 heteroatoms. The summed E-state index contributed by atoms with van der Waals surface area (Å²) >= 11 is 0. The van der Waals surface area contributed by atoms with Gasteiger partial charge >= 0.3 is 0 Å². The van der Waals surface area contributed by atoms with Gasteiger partial charge in [0.1, 0.15) is 10.6 Å². The van der Waals surface area contributed by atoms with E-state index in [0.29, 0.717) is 5.56 Å². The second kappa shape index (κ2) is 10.2. The topological polar surface area (TPSA) is 149 Å². The first-order valence-electron chi connectivity index (χ1n) is 10.3. The van der Waals surface area contributed by atoms with Crippen LogP contribution >= 0.6 is 0 Å². The van der Waals surface area contributed by atoms with Gasteiger partial charge in [0.25, 0.3) is 11.8 Å². The highest BCUT2D eigenvalue weighted by molar-refractivity contribution is 7.89. The number of sulfonamides is 1. The molecule has 184 valence electrons. The lowest BCUT2D eigenvalue weighted by molar-refractivity contribution is -0.120. The fourth-order valence-electron chi connectivity index (χ4n) is 3.57. The molecule has 0 unspecified atom stereocenters. The molecule has 0 aromatic heterocycles. The number of aromatic hydroxyl groups is 1. The molecule has 1 aliphatic rings. The van der Waals surface area contributed by atoms with E-state index in [1.165, 1.54) is 47.7 Å². The molecule has 2 aromatic rings. The Morgan fingerprint density at radius 2 is 1.62 bits per heavy atom. The van der Waals surface area contributed by atoms with Gasteiger partial charge in [-0.25, -0.2) is 8.42 Å². The summed E-state index contributed by atoms with van der Waals surface area (Å²) in [5, 5.41) is 10.0. The minimum absolute atomic E-state index is 0.0650. The van der Waals surface area contributed by atoms with Crippen LogP contribution in [0.3, 0.4) is 0 Å². The molecule has 3 N–H and O–H groups in total. The molecule has 0 bridgehead atoms. The van der Waals surface area contributed by atoms with Gasteiger partial charge in [-0.3, -0.25) is 9.59 Å². The van der Waals surface area contributed by atoms with Crippen molar-refractivity contribution in [1.29, 1.82) is 0 Å². The van der Waals surface area contributed by atoms with Gasteiger partial charge in [0, 0.05) is 31.7 Å². The monoisotopic (exact) mass is 493 g/mol. The highest BCUT2D eigenvalue weighted by Crippen LogP contribution is 2.39. The number of phenols is 1. The summed E-state index contributed by atoms with van der Waals surface area (Å²) in [5.41, 5.74) is 6.07. The molecule has 0 saturated carbocycles. The molecule has 0 atom stereocenters. The third-order valence-corrected chi connectivity index (χ3v) is 7.25. The van der Waals surface area contributed by atoms with Crippen molar-refractivity contribution in [1.82, 2.24) is 9.21 Å². The summed E-state index contributed by atoms with van der Waals surface area (Å²) in [6, 6.07) is 7.30. The van der Waals surface area contributed by atoms with E-state index < -0.39 is 22.5 Å². The zero-order valence-corrected chi connectivity index (χ0v) is 19.9. The van der Waals surface area contributed by atoms with Crippen molar-refractivity contribution in [3.05, 3.63) is 41.5 Å². The first-order chi connectivity index (χ1) is 16.1. The summed E-state index contributed by atoms with van der Waals surface area (Å²) in [5.74, 6) is -0.860. The first kappa shape index (κ1) is 25.1. The van der Waals surface area contributed by atoms with E-state index in [1.807, 2.05) is 0 Å². The maximum absolute atomic E-state index is 13.1. The molecule has 0 radical (unpaired) electrons. The number of piperazine rings is 1. The smallest absolute Gasteiger partial charge is 0.255 e. The molecular formula is C22H27N3O8S. The minimum atomic E-state index is -3.92. The third kappa shape index (κ3) is 5.18. The average molecular weight is 494 g/mol. The summed E-state index contributed by atoms with van der Waals surface area (Å²) in [4.78, 5) is 25.6. The van der Waals surface area contributed by atoms with Crippen molar-refractivity contribution >= 4 is 21.8 Å². The number of phenolic OH excluding ortho intramolecular Hbond substituents is 1. The minimum Gasteiger partial charge on any atom is -0.507 e. The van der Waals surface area contributed by atoms with Crippen molar-refractivity contribution in [2.75, 3.05) is 47.0 Å². The van der Waals surface area contributed by atoms with E-state index in [9.17, 15) is 23.1 Å². The highest BCUT2D eigenvalue weighted by atomic mass is 32.2. The van der Waals surface area contributed by atoms with Crippen LogP contribution in [-0.2, 0) is 14.8 Å². The Morgan fingerprint density at radius 1 is 1.03 bits per heavy atom. The summed E-state index contributed by atoms with van der Waals surface area (Å²) in [6.45, 7) is 1.77. The van der Waals surface area contributed by atoms with Crippen LogP contribution in [0.1, 0.15) is 15.9 Å². The van der Waals surface area contributed by atoms with Crippen LogP contribution < -0.4 is 19.9 Å². The number of methoxy groups -OCH3 is 2. The van der Waals surface area contributed by atoms with Crippen LogP contribution in [0.4, 0.5) is 0 Å². The quantitative estimate of drug-likeness (QED) is 0.547. The van der Waals surface area contributed by atoms with Crippen molar-refractivity contribution in [2.45, 2.75) is 11.8 Å². The number of ether oxygens (including phenoxy) is 3. The summed E-state index contributed by atoms with van der Waals surface area (Å²) in [7, 11) is -1.16. The second-order valence-corrected chi connectivity index (χ2v) is 9.54. The maximum Gasteiger partial charge on any atom is 0.255 e. The Kier molecular flexibility index (Phi) is 7.52. The van der Waals surface area contributed by atoms with Gasteiger partial charge in [-0.15, -0.1) is 0 Å². The number of amides is 2. The second-order valence-electron chi connectivity index (χ2n) is 7.63. The van der Waals surface area contributed by atoms with Crippen molar-refractivity contribution in [3.63, 3.8) is 0 Å². The number of nitrogens with zero attached hydrogens (tertiary/aromatic N) is 2. The number of benzene rings is 2. The predicted molar refractivity (Wildman–Crippen MR) is 122 cm³/mol. The molecule has 1 aliphatic heterocycles. The first-order valence-corrected chi connectivity index (χ1v) is 11.8. The third-order valence-electron chi connectivity index (χ3n) is 5.33. The largest absolute Gasteiger partial charge is 0.507 e. The van der Waals surface area contributed by atoms with Gasteiger partial charge in [0.05, 0.1) is 14.2 Å². The zero-order valence-electron chi connectivity index (χ0n) is 19.1. The van der Waals surface area contributed by atoms with E-state index >= 15 is 0 Å². The van der Waals surface area contributed by atoms with Crippen molar-refractivity contribution < 1.29 is 37.3 Å². The van der Waals surface area contributed by atoms with Gasteiger partial charge in [0.15, 0.2) is 18.1 Å². The van der Waals surface area contributed by atoms with E-state index in [2.05, 4.69) is 0 Å². The number of carbonyl (C=O) groups excluding carboxylic acids is 2. The normalized spacial score (nSPS) is 14.5. The lowest BCUT2D eigenvalue weighted by Gasteiger charge is -2.34. The standard InChI is InChI=1S/C22H27N3O8S/c1-14-4-5-16(26)19(10-14)34(29,30)25-8-6-24(7-9-25)22(28)15-11-17(31-2)21(18(12-15)32-3)33-13-20(23)27/h4-5,10-12,26H,6-9,13H2,1-3H3,(H2,23,27). The number of rotatable bonds is 8. The molecule has 0 aliphatic carbocycles. The molecule has 3 rings (SSSR count). The number of primary amides is 1. The number of hydrogen-bond acceptors (Lipinski definition) is 8.